The molecule has 3 aliphatic rings. The van der Waals surface area contributed by atoms with Crippen molar-refractivity contribution in [1.82, 2.24) is 0 Å². The van der Waals surface area contributed by atoms with E-state index >= 15 is 0 Å². The van der Waals surface area contributed by atoms with Crippen molar-refractivity contribution in [1.29, 1.82) is 0 Å². The average Bonchev–Trinajstić information content (AvgIpc) is 2.81. The number of hydrogen-bond donors (Lipinski definition) is 2. The van der Waals surface area contributed by atoms with Crippen molar-refractivity contribution in [2.75, 3.05) is 0 Å². The molecule has 6 nitrogen and oxygen atoms in total. The summed E-state index contributed by atoms with van der Waals surface area (Å²) in [5.41, 5.74) is 0.472. The molecule has 3 rings (SSSR count). The summed E-state index contributed by atoms with van der Waals surface area (Å²) < 4.78 is 11.2. The normalized spacial score (nSPS) is 42.9. The number of hydrogen-bond acceptors (Lipinski definition) is 6. The average molecular weight is 364 g/mol. The second-order valence-corrected chi connectivity index (χ2v) is 8.17. The van der Waals surface area contributed by atoms with Gasteiger partial charge in [-0.15, -0.1) is 0 Å². The van der Waals surface area contributed by atoms with Gasteiger partial charge in [-0.3, -0.25) is 0 Å². The Bertz CT molecular complexity index is 707. The lowest BCUT2D eigenvalue weighted by Crippen LogP contribution is -2.61. The molecule has 6 heteroatoms. The number of allylic oxidation sites excluding steroid dienone is 1. The second kappa shape index (κ2) is 6.20. The SMILES string of the molecule is C/C=C(/C)C(=O)OC1C2=C(C)C(=O)OC2(O)CC2CCC(O)C(C)C21C. The van der Waals surface area contributed by atoms with Crippen LogP contribution < -0.4 is 0 Å². The quantitative estimate of drug-likeness (QED) is 0.577. The fraction of sp³-hybridized carbons (Fsp3) is 0.700. The van der Waals surface area contributed by atoms with Gasteiger partial charge in [0.2, 0.25) is 5.79 Å². The van der Waals surface area contributed by atoms with Crippen LogP contribution in [0, 0.1) is 17.3 Å². The Morgan fingerprint density at radius 2 is 2.04 bits per heavy atom. The third-order valence-electron chi connectivity index (χ3n) is 6.97. The van der Waals surface area contributed by atoms with Crippen molar-refractivity contribution in [3.63, 3.8) is 0 Å². The molecule has 0 aromatic rings. The lowest BCUT2D eigenvalue weighted by molar-refractivity contribution is -0.232. The first kappa shape index (κ1) is 19.1. The highest BCUT2D eigenvalue weighted by Crippen LogP contribution is 2.60. The highest BCUT2D eigenvalue weighted by molar-refractivity contribution is 5.93. The van der Waals surface area contributed by atoms with Crippen LogP contribution in [-0.4, -0.2) is 40.1 Å². The molecule has 0 radical (unpaired) electrons. The summed E-state index contributed by atoms with van der Waals surface area (Å²) in [6.07, 6.45) is 1.85. The number of ether oxygens (including phenoxy) is 2. The smallest absolute Gasteiger partial charge is 0.336 e. The van der Waals surface area contributed by atoms with E-state index in [9.17, 15) is 19.8 Å². The Morgan fingerprint density at radius 1 is 1.38 bits per heavy atom. The fourth-order valence-electron chi connectivity index (χ4n) is 4.88. The first-order valence-corrected chi connectivity index (χ1v) is 9.25. The number of rotatable bonds is 2. The first-order chi connectivity index (χ1) is 12.1. The van der Waals surface area contributed by atoms with E-state index in [1.54, 1.807) is 26.8 Å². The van der Waals surface area contributed by atoms with E-state index in [1.807, 2.05) is 13.8 Å². The summed E-state index contributed by atoms with van der Waals surface area (Å²) in [5.74, 6) is -3.01. The molecule has 0 spiro atoms. The lowest BCUT2D eigenvalue weighted by Gasteiger charge is -2.57. The van der Waals surface area contributed by atoms with E-state index in [4.69, 9.17) is 9.47 Å². The summed E-state index contributed by atoms with van der Waals surface area (Å²) in [4.78, 5) is 24.7. The molecule has 1 heterocycles. The van der Waals surface area contributed by atoms with Crippen LogP contribution in [0.1, 0.15) is 53.9 Å². The number of carbonyl (C=O) groups excluding carboxylic acids is 2. The van der Waals surface area contributed by atoms with Crippen LogP contribution >= 0.6 is 0 Å². The van der Waals surface area contributed by atoms with Crippen molar-refractivity contribution in [2.45, 2.75) is 71.9 Å². The summed E-state index contributed by atoms with van der Waals surface area (Å²) in [5, 5.41) is 21.6. The minimum absolute atomic E-state index is 0.0444. The fourth-order valence-corrected chi connectivity index (χ4v) is 4.88. The zero-order valence-corrected chi connectivity index (χ0v) is 16.0. The van der Waals surface area contributed by atoms with Gasteiger partial charge in [0.25, 0.3) is 0 Å². The molecule has 144 valence electrons. The highest BCUT2D eigenvalue weighted by Gasteiger charge is 2.65. The Balaban J connectivity index is 2.14. The molecule has 0 aromatic carbocycles. The van der Waals surface area contributed by atoms with E-state index in [-0.39, 0.29) is 23.8 Å². The number of esters is 2. The van der Waals surface area contributed by atoms with Crippen molar-refractivity contribution in [2.24, 2.45) is 17.3 Å². The maximum atomic E-state index is 12.5. The van der Waals surface area contributed by atoms with Gasteiger partial charge in [-0.1, -0.05) is 19.9 Å². The van der Waals surface area contributed by atoms with E-state index < -0.39 is 35.3 Å². The maximum Gasteiger partial charge on any atom is 0.336 e. The standard InChI is InChI=1S/C20H28O6/c1-6-10(2)17(22)25-16-15-11(3)18(23)26-20(15,24)9-13-7-8-14(21)12(4)19(13,16)5/h6,12-14,16,21,24H,7-9H2,1-5H3/b10-6-. The molecule has 1 aliphatic heterocycles. The van der Waals surface area contributed by atoms with Gasteiger partial charge in [0, 0.05) is 23.0 Å². The molecular weight excluding hydrogens is 336 g/mol. The summed E-state index contributed by atoms with van der Waals surface area (Å²) >= 11 is 0. The van der Waals surface area contributed by atoms with Crippen LogP contribution in [0.5, 0.6) is 0 Å². The summed E-state index contributed by atoms with van der Waals surface area (Å²) in [7, 11) is 0. The van der Waals surface area contributed by atoms with Crippen molar-refractivity contribution in [3.8, 4) is 0 Å². The Kier molecular flexibility index (Phi) is 4.56. The topological polar surface area (TPSA) is 93.1 Å². The van der Waals surface area contributed by atoms with Crippen molar-refractivity contribution in [3.05, 3.63) is 22.8 Å². The third-order valence-corrected chi connectivity index (χ3v) is 6.97. The monoisotopic (exact) mass is 364 g/mol. The van der Waals surface area contributed by atoms with Gasteiger partial charge in [-0.25, -0.2) is 9.59 Å². The van der Waals surface area contributed by atoms with E-state index in [0.29, 0.717) is 24.0 Å². The highest BCUT2D eigenvalue weighted by atomic mass is 16.7. The molecule has 0 saturated heterocycles. The van der Waals surface area contributed by atoms with Crippen molar-refractivity contribution >= 4 is 11.9 Å². The molecule has 2 aliphatic carbocycles. The van der Waals surface area contributed by atoms with Crippen LogP contribution in [0.25, 0.3) is 0 Å². The summed E-state index contributed by atoms with van der Waals surface area (Å²) in [6.45, 7) is 8.92. The molecule has 0 bridgehead atoms. The number of carbonyl (C=O) groups is 2. The molecule has 0 aromatic heterocycles. The number of fused-ring (bicyclic) bond motifs is 2. The van der Waals surface area contributed by atoms with Crippen LogP contribution in [0.4, 0.5) is 0 Å². The first-order valence-electron chi connectivity index (χ1n) is 9.25. The zero-order chi connectivity index (χ0) is 19.4. The minimum atomic E-state index is -1.73. The number of aliphatic hydroxyl groups excluding tert-OH is 1. The van der Waals surface area contributed by atoms with E-state index in [1.165, 1.54) is 0 Å². The van der Waals surface area contributed by atoms with E-state index in [0.717, 1.165) is 0 Å². The molecule has 6 atom stereocenters. The van der Waals surface area contributed by atoms with Crippen LogP contribution in [0.2, 0.25) is 0 Å². The second-order valence-electron chi connectivity index (χ2n) is 8.17. The van der Waals surface area contributed by atoms with Crippen LogP contribution in [-0.2, 0) is 19.1 Å². The largest absolute Gasteiger partial charge is 0.454 e. The predicted octanol–water partition coefficient (Wildman–Crippen LogP) is 2.24. The minimum Gasteiger partial charge on any atom is -0.454 e. The Labute approximate surface area is 153 Å². The molecule has 6 unspecified atom stereocenters. The molecule has 2 N–H and O–H groups in total. The third kappa shape index (κ3) is 2.54. The van der Waals surface area contributed by atoms with Gasteiger partial charge >= 0.3 is 11.9 Å². The Morgan fingerprint density at radius 3 is 2.65 bits per heavy atom. The van der Waals surface area contributed by atoms with Gasteiger partial charge in [0.1, 0.15) is 6.10 Å². The van der Waals surface area contributed by atoms with Crippen LogP contribution in [0.15, 0.2) is 22.8 Å². The van der Waals surface area contributed by atoms with Gasteiger partial charge in [0.15, 0.2) is 0 Å². The summed E-state index contributed by atoms with van der Waals surface area (Å²) in [6, 6.07) is 0. The lowest BCUT2D eigenvalue weighted by atomic mass is 9.51. The number of aliphatic hydroxyl groups is 2. The molecule has 0 amide bonds. The maximum absolute atomic E-state index is 12.5. The van der Waals surface area contributed by atoms with Gasteiger partial charge in [-0.05, 0) is 45.4 Å². The van der Waals surface area contributed by atoms with Gasteiger partial charge in [-0.2, -0.15) is 0 Å². The predicted molar refractivity (Wildman–Crippen MR) is 93.7 cm³/mol. The zero-order valence-electron chi connectivity index (χ0n) is 16.0. The van der Waals surface area contributed by atoms with Crippen molar-refractivity contribution < 1.29 is 29.3 Å². The molecule has 26 heavy (non-hydrogen) atoms. The van der Waals surface area contributed by atoms with E-state index in [2.05, 4.69) is 0 Å². The Hall–Kier alpha value is -1.66. The van der Waals surface area contributed by atoms with Gasteiger partial charge < -0.3 is 19.7 Å². The van der Waals surface area contributed by atoms with Crippen LogP contribution in [0.3, 0.4) is 0 Å². The molecule has 2 fully saturated rings. The van der Waals surface area contributed by atoms with Gasteiger partial charge in [0.05, 0.1) is 11.7 Å². The molecule has 2 saturated carbocycles. The molecular formula is C20H28O6.